The van der Waals surface area contributed by atoms with Crippen molar-refractivity contribution in [2.24, 2.45) is 0 Å². The van der Waals surface area contributed by atoms with Crippen LogP contribution in [0.1, 0.15) is 12.8 Å². The molecule has 2 aliphatic heterocycles. The molecule has 0 saturated carbocycles. The Balaban J connectivity index is 2.22. The number of rotatable bonds is 0. The van der Waals surface area contributed by atoms with Crippen LogP contribution in [0.15, 0.2) is 12.2 Å². The summed E-state index contributed by atoms with van der Waals surface area (Å²) in [6, 6.07) is 0.0370. The molecule has 66 valence electrons. The lowest BCUT2D eigenvalue weighted by Gasteiger charge is -2.40. The van der Waals surface area contributed by atoms with E-state index in [0.29, 0.717) is 13.0 Å². The molecule has 1 saturated heterocycles. The molecule has 0 aromatic rings. The van der Waals surface area contributed by atoms with E-state index >= 15 is 0 Å². The smallest absolute Gasteiger partial charge is 0.409 e. The zero-order valence-corrected chi connectivity index (χ0v) is 6.64. The predicted octanol–water partition coefficient (Wildman–Crippen LogP) is 1.04. The minimum atomic E-state index is -0.881. The van der Waals surface area contributed by atoms with Crippen LogP contribution in [0.2, 0.25) is 0 Å². The van der Waals surface area contributed by atoms with Gasteiger partial charge in [-0.1, -0.05) is 12.2 Å². The molecule has 4 heteroatoms. The van der Waals surface area contributed by atoms with Crippen molar-refractivity contribution in [2.75, 3.05) is 6.61 Å². The van der Waals surface area contributed by atoms with E-state index in [0.717, 1.165) is 6.42 Å². The zero-order valence-electron chi connectivity index (χ0n) is 6.64. The van der Waals surface area contributed by atoms with Crippen molar-refractivity contribution in [3.05, 3.63) is 12.2 Å². The number of nitrogens with zero attached hydrogens (tertiary/aromatic N) is 1. The monoisotopic (exact) mass is 169 g/mol. The lowest BCUT2D eigenvalue weighted by atomic mass is 10.0. The van der Waals surface area contributed by atoms with Gasteiger partial charge in [-0.25, -0.2) is 4.79 Å². The normalized spacial score (nSPS) is 33.5. The Morgan fingerprint density at radius 2 is 2.50 bits per heavy atom. The van der Waals surface area contributed by atoms with E-state index in [1.807, 2.05) is 12.2 Å². The summed E-state index contributed by atoms with van der Waals surface area (Å²) in [5.74, 6) is 0. The molecule has 2 unspecified atom stereocenters. The molecule has 1 N–H and O–H groups in total. The van der Waals surface area contributed by atoms with E-state index < -0.39 is 6.09 Å². The van der Waals surface area contributed by atoms with Crippen LogP contribution in [-0.2, 0) is 4.74 Å². The van der Waals surface area contributed by atoms with E-state index in [1.54, 1.807) is 0 Å². The molecule has 2 heterocycles. The van der Waals surface area contributed by atoms with E-state index in [4.69, 9.17) is 9.84 Å². The van der Waals surface area contributed by atoms with E-state index in [2.05, 4.69) is 0 Å². The lowest BCUT2D eigenvalue weighted by molar-refractivity contribution is -0.0989. The third kappa shape index (κ3) is 1.08. The van der Waals surface area contributed by atoms with Gasteiger partial charge in [-0.2, -0.15) is 0 Å². The van der Waals surface area contributed by atoms with Gasteiger partial charge in [0.1, 0.15) is 6.23 Å². The maximum Gasteiger partial charge on any atom is 0.409 e. The van der Waals surface area contributed by atoms with Gasteiger partial charge in [0.25, 0.3) is 0 Å². The molecule has 0 aliphatic carbocycles. The fraction of sp³-hybridized carbons (Fsp3) is 0.625. The fourth-order valence-corrected chi connectivity index (χ4v) is 1.75. The minimum Gasteiger partial charge on any atom is -0.465 e. The Morgan fingerprint density at radius 3 is 3.08 bits per heavy atom. The van der Waals surface area contributed by atoms with Crippen LogP contribution in [0.25, 0.3) is 0 Å². The molecule has 1 amide bonds. The Labute approximate surface area is 70.4 Å². The number of hydrogen-bond donors (Lipinski definition) is 1. The molecule has 2 bridgehead atoms. The van der Waals surface area contributed by atoms with Gasteiger partial charge in [-0.05, 0) is 6.42 Å². The Kier molecular flexibility index (Phi) is 1.77. The van der Waals surface area contributed by atoms with Gasteiger partial charge in [0.2, 0.25) is 0 Å². The highest BCUT2D eigenvalue weighted by Gasteiger charge is 2.35. The van der Waals surface area contributed by atoms with Crippen LogP contribution in [0, 0.1) is 0 Å². The van der Waals surface area contributed by atoms with Crippen LogP contribution in [0.5, 0.6) is 0 Å². The second-order valence-corrected chi connectivity index (χ2v) is 3.04. The van der Waals surface area contributed by atoms with Gasteiger partial charge < -0.3 is 9.84 Å². The van der Waals surface area contributed by atoms with Crippen molar-refractivity contribution >= 4 is 6.09 Å². The topological polar surface area (TPSA) is 49.8 Å². The van der Waals surface area contributed by atoms with Crippen molar-refractivity contribution in [1.29, 1.82) is 0 Å². The van der Waals surface area contributed by atoms with E-state index in [1.165, 1.54) is 4.90 Å². The molecule has 1 fully saturated rings. The number of carboxylic acid groups (broad SMARTS) is 1. The second kappa shape index (κ2) is 2.79. The van der Waals surface area contributed by atoms with Crippen molar-refractivity contribution in [3.8, 4) is 0 Å². The SMILES string of the molecule is O=C(O)N1C2C=CCC1OCC2. The first-order valence-electron chi connectivity index (χ1n) is 4.08. The Hall–Kier alpha value is -1.03. The number of ether oxygens (including phenoxy) is 1. The number of hydrogen-bond acceptors (Lipinski definition) is 2. The first kappa shape index (κ1) is 7.61. The Morgan fingerprint density at radius 1 is 1.67 bits per heavy atom. The van der Waals surface area contributed by atoms with Gasteiger partial charge in [0.15, 0.2) is 0 Å². The lowest BCUT2D eigenvalue weighted by Crippen LogP contribution is -2.52. The molecule has 2 rings (SSSR count). The molecule has 0 spiro atoms. The summed E-state index contributed by atoms with van der Waals surface area (Å²) in [5, 5.41) is 8.86. The van der Waals surface area contributed by atoms with Gasteiger partial charge in [-0.15, -0.1) is 0 Å². The number of carbonyl (C=O) groups is 1. The van der Waals surface area contributed by atoms with Gasteiger partial charge in [0.05, 0.1) is 12.6 Å². The molecular weight excluding hydrogens is 158 g/mol. The highest BCUT2D eigenvalue weighted by atomic mass is 16.5. The third-order valence-corrected chi connectivity index (χ3v) is 2.31. The van der Waals surface area contributed by atoms with Crippen LogP contribution in [0.3, 0.4) is 0 Å². The van der Waals surface area contributed by atoms with Crippen molar-refractivity contribution in [2.45, 2.75) is 25.1 Å². The van der Waals surface area contributed by atoms with Gasteiger partial charge >= 0.3 is 6.09 Å². The van der Waals surface area contributed by atoms with Crippen LogP contribution in [0.4, 0.5) is 4.79 Å². The van der Waals surface area contributed by atoms with Crippen molar-refractivity contribution < 1.29 is 14.6 Å². The highest BCUT2D eigenvalue weighted by Crippen LogP contribution is 2.25. The molecule has 0 aromatic carbocycles. The summed E-state index contributed by atoms with van der Waals surface area (Å²) in [6.07, 6.45) is 4.28. The average Bonchev–Trinajstić information content (AvgIpc) is 2.02. The first-order chi connectivity index (χ1) is 5.79. The molecule has 2 atom stereocenters. The summed E-state index contributed by atoms with van der Waals surface area (Å²) >= 11 is 0. The molecule has 2 aliphatic rings. The highest BCUT2D eigenvalue weighted by molar-refractivity contribution is 5.66. The quantitative estimate of drug-likeness (QED) is 0.551. The summed E-state index contributed by atoms with van der Waals surface area (Å²) < 4.78 is 5.32. The van der Waals surface area contributed by atoms with Crippen LogP contribution in [-0.4, -0.2) is 35.0 Å². The third-order valence-electron chi connectivity index (χ3n) is 2.31. The summed E-state index contributed by atoms with van der Waals surface area (Å²) in [6.45, 7) is 0.670. The van der Waals surface area contributed by atoms with E-state index in [-0.39, 0.29) is 12.3 Å². The molecule has 0 aromatic heterocycles. The summed E-state index contributed by atoms with van der Waals surface area (Å²) in [7, 11) is 0. The van der Waals surface area contributed by atoms with Crippen molar-refractivity contribution in [1.82, 2.24) is 4.90 Å². The van der Waals surface area contributed by atoms with Gasteiger partial charge in [-0.3, -0.25) is 4.90 Å². The molecular formula is C8H11NO3. The van der Waals surface area contributed by atoms with Crippen LogP contribution < -0.4 is 0 Å². The zero-order chi connectivity index (χ0) is 8.55. The van der Waals surface area contributed by atoms with Crippen LogP contribution >= 0.6 is 0 Å². The average molecular weight is 169 g/mol. The first-order valence-corrected chi connectivity index (χ1v) is 4.08. The summed E-state index contributed by atoms with van der Waals surface area (Å²) in [4.78, 5) is 12.2. The largest absolute Gasteiger partial charge is 0.465 e. The van der Waals surface area contributed by atoms with Crippen molar-refractivity contribution in [3.63, 3.8) is 0 Å². The predicted molar refractivity (Wildman–Crippen MR) is 41.8 cm³/mol. The number of fused-ring (bicyclic) bond motifs is 2. The van der Waals surface area contributed by atoms with E-state index in [9.17, 15) is 4.79 Å². The molecule has 0 radical (unpaired) electrons. The summed E-state index contributed by atoms with van der Waals surface area (Å²) in [5.41, 5.74) is 0. The molecule has 4 nitrogen and oxygen atoms in total. The standard InChI is InChI=1S/C8H11NO3/c10-8(11)9-6-2-1-3-7(9)12-5-4-6/h1-2,6-7H,3-5H2,(H,10,11). The maximum atomic E-state index is 10.8. The van der Waals surface area contributed by atoms with Gasteiger partial charge in [0, 0.05) is 6.42 Å². The second-order valence-electron chi connectivity index (χ2n) is 3.04. The Bertz CT molecular complexity index is 226. The molecule has 12 heavy (non-hydrogen) atoms. The fourth-order valence-electron chi connectivity index (χ4n) is 1.75. The maximum absolute atomic E-state index is 10.8. The number of amides is 1. The minimum absolute atomic E-state index is 0.0370.